The molecule has 1 saturated heterocycles. The van der Waals surface area contributed by atoms with Crippen LogP contribution in [0.25, 0.3) is 0 Å². The number of rotatable bonds is 10. The van der Waals surface area contributed by atoms with Gasteiger partial charge in [0.05, 0.1) is 15.5 Å². The summed E-state index contributed by atoms with van der Waals surface area (Å²) in [6, 6.07) is 9.98. The molecule has 0 N–H and O–H groups in total. The zero-order valence-electron chi connectivity index (χ0n) is 21.1. The molecule has 0 saturated carbocycles. The lowest BCUT2D eigenvalue weighted by atomic mass is 9.97. The maximum Gasteiger partial charge on any atom is 0.273 e. The average Bonchev–Trinajstić information content (AvgIpc) is 3.45. The van der Waals surface area contributed by atoms with E-state index in [0.717, 1.165) is 28.4 Å². The minimum atomic E-state index is -0.428. The highest BCUT2D eigenvalue weighted by Gasteiger charge is 2.28. The van der Waals surface area contributed by atoms with Crippen LogP contribution in [0.1, 0.15) is 50.2 Å². The maximum absolute atomic E-state index is 13.2. The van der Waals surface area contributed by atoms with Gasteiger partial charge in [-0.2, -0.15) is 0 Å². The third-order valence-electron chi connectivity index (χ3n) is 6.44. The number of thioether (sulfide) groups is 1. The fraction of sp³-hybridized carbons (Fsp3) is 0.333. The molecule has 0 unspecified atom stereocenters. The van der Waals surface area contributed by atoms with Crippen LogP contribution in [-0.4, -0.2) is 68.9 Å². The predicted octanol–water partition coefficient (Wildman–Crippen LogP) is 5.06. The van der Waals surface area contributed by atoms with Crippen LogP contribution in [-0.2, 0) is 6.42 Å². The maximum atomic E-state index is 13.2. The van der Waals surface area contributed by atoms with Crippen molar-refractivity contribution in [2.75, 3.05) is 32.4 Å². The van der Waals surface area contributed by atoms with Gasteiger partial charge in [0, 0.05) is 62.1 Å². The van der Waals surface area contributed by atoms with Crippen LogP contribution in [0.2, 0.25) is 0 Å². The van der Waals surface area contributed by atoms with Crippen LogP contribution >= 0.6 is 23.1 Å². The Balaban J connectivity index is 1.30. The average molecular weight is 552 g/mol. The van der Waals surface area contributed by atoms with Crippen LogP contribution in [0.3, 0.4) is 0 Å². The first-order valence-electron chi connectivity index (χ1n) is 12.3. The number of non-ortho nitro benzene ring substituents is 1. The second-order valence-electron chi connectivity index (χ2n) is 8.99. The van der Waals surface area contributed by atoms with Crippen molar-refractivity contribution in [3.8, 4) is 0 Å². The number of hydrogen-bond acceptors (Lipinski definition) is 8. The number of pyridine rings is 1. The molecule has 3 heterocycles. The molecule has 1 aromatic carbocycles. The van der Waals surface area contributed by atoms with E-state index in [1.807, 2.05) is 11.0 Å². The number of aromatic nitrogens is 2. The van der Waals surface area contributed by atoms with E-state index in [1.54, 1.807) is 47.8 Å². The highest BCUT2D eigenvalue weighted by molar-refractivity contribution is 7.99. The zero-order chi connectivity index (χ0) is 27.1. The van der Waals surface area contributed by atoms with E-state index in [0.29, 0.717) is 43.1 Å². The molecular weight excluding hydrogens is 522 g/mol. The van der Waals surface area contributed by atoms with Crippen molar-refractivity contribution < 1.29 is 14.5 Å². The Kier molecular flexibility index (Phi) is 9.24. The molecule has 3 aromatic rings. The van der Waals surface area contributed by atoms with Crippen LogP contribution < -0.4 is 0 Å². The summed E-state index contributed by atoms with van der Waals surface area (Å²) < 4.78 is 0. The molecule has 198 valence electrons. The number of carbonyl (C=O) groups excluding carboxylic acids is 2. The van der Waals surface area contributed by atoms with Gasteiger partial charge in [0.15, 0.2) is 0 Å². The largest absolute Gasteiger partial charge is 0.340 e. The van der Waals surface area contributed by atoms with Crippen LogP contribution in [0, 0.1) is 10.1 Å². The predicted molar refractivity (Wildman–Crippen MR) is 149 cm³/mol. The molecule has 2 amide bonds. The zero-order valence-corrected chi connectivity index (χ0v) is 22.7. The smallest absolute Gasteiger partial charge is 0.273 e. The van der Waals surface area contributed by atoms with Gasteiger partial charge in [0.2, 0.25) is 0 Å². The summed E-state index contributed by atoms with van der Waals surface area (Å²) in [5.74, 6) is 0.743. The summed E-state index contributed by atoms with van der Waals surface area (Å²) in [5, 5.41) is 14.3. The third-order valence-corrected chi connectivity index (χ3v) is 8.45. The molecule has 1 aliphatic rings. The lowest BCUT2D eigenvalue weighted by Crippen LogP contribution is -2.38. The van der Waals surface area contributed by atoms with Gasteiger partial charge in [-0.05, 0) is 37.0 Å². The standard InChI is InChI=1S/C27H29N5O4S2/c1-3-17-37-25-22(5-4-13-28-25)26(33)31-15-11-20(12-16-31)24-29-23(18-38-24)27(34)30(2)14-10-19-6-8-21(9-7-19)32(35)36/h3-9,13,18,20H,1,10-12,14-17H2,2H3. The Hall–Kier alpha value is -3.57. The molecule has 11 heteroatoms. The number of piperidine rings is 1. The minimum Gasteiger partial charge on any atom is -0.340 e. The highest BCUT2D eigenvalue weighted by Crippen LogP contribution is 2.32. The highest BCUT2D eigenvalue weighted by atomic mass is 32.2. The summed E-state index contributed by atoms with van der Waals surface area (Å²) in [7, 11) is 1.73. The van der Waals surface area contributed by atoms with Crippen molar-refractivity contribution in [3.05, 3.63) is 92.6 Å². The third kappa shape index (κ3) is 6.65. The van der Waals surface area contributed by atoms with Crippen molar-refractivity contribution in [2.45, 2.75) is 30.2 Å². The Morgan fingerprint density at radius 2 is 2.00 bits per heavy atom. The molecule has 0 aliphatic carbocycles. The summed E-state index contributed by atoms with van der Waals surface area (Å²) >= 11 is 2.99. The first-order valence-corrected chi connectivity index (χ1v) is 14.2. The summed E-state index contributed by atoms with van der Waals surface area (Å²) in [6.07, 6.45) is 5.66. The number of hydrogen-bond donors (Lipinski definition) is 0. The first-order chi connectivity index (χ1) is 18.4. The Labute approximate surface area is 229 Å². The number of thiazole rings is 1. The fourth-order valence-corrected chi connectivity index (χ4v) is 5.94. The van der Waals surface area contributed by atoms with Gasteiger partial charge in [-0.15, -0.1) is 29.7 Å². The van der Waals surface area contributed by atoms with Gasteiger partial charge in [0.25, 0.3) is 17.5 Å². The normalized spacial score (nSPS) is 13.8. The molecular formula is C27H29N5O4S2. The van der Waals surface area contributed by atoms with Gasteiger partial charge in [-0.25, -0.2) is 9.97 Å². The lowest BCUT2D eigenvalue weighted by Gasteiger charge is -2.31. The Morgan fingerprint density at radius 3 is 2.68 bits per heavy atom. The number of nitro benzene ring substituents is 1. The number of amides is 2. The van der Waals surface area contributed by atoms with Crippen molar-refractivity contribution in [3.63, 3.8) is 0 Å². The number of carbonyl (C=O) groups is 2. The number of nitro groups is 1. The van der Waals surface area contributed by atoms with E-state index in [4.69, 9.17) is 0 Å². The first kappa shape index (κ1) is 27.5. The van der Waals surface area contributed by atoms with Crippen molar-refractivity contribution >= 4 is 40.6 Å². The summed E-state index contributed by atoms with van der Waals surface area (Å²) in [5.41, 5.74) is 2.02. The van der Waals surface area contributed by atoms with Gasteiger partial charge in [0.1, 0.15) is 10.7 Å². The molecule has 0 spiro atoms. The van der Waals surface area contributed by atoms with E-state index >= 15 is 0 Å². The van der Waals surface area contributed by atoms with Gasteiger partial charge >= 0.3 is 0 Å². The second-order valence-corrected chi connectivity index (χ2v) is 10.9. The number of likely N-dealkylation sites (tertiary alicyclic amines) is 1. The monoisotopic (exact) mass is 551 g/mol. The second kappa shape index (κ2) is 12.8. The molecule has 1 fully saturated rings. The van der Waals surface area contributed by atoms with Crippen molar-refractivity contribution in [1.29, 1.82) is 0 Å². The van der Waals surface area contributed by atoms with Gasteiger partial charge in [-0.3, -0.25) is 19.7 Å². The Bertz CT molecular complexity index is 1300. The van der Waals surface area contributed by atoms with E-state index in [9.17, 15) is 19.7 Å². The number of nitrogens with zero attached hydrogens (tertiary/aromatic N) is 5. The Morgan fingerprint density at radius 1 is 1.26 bits per heavy atom. The van der Waals surface area contributed by atoms with Crippen LogP contribution in [0.4, 0.5) is 5.69 Å². The van der Waals surface area contributed by atoms with Gasteiger partial charge in [-0.1, -0.05) is 18.2 Å². The molecule has 9 nitrogen and oxygen atoms in total. The van der Waals surface area contributed by atoms with Gasteiger partial charge < -0.3 is 9.80 Å². The summed E-state index contributed by atoms with van der Waals surface area (Å²) in [4.78, 5) is 49.0. The molecule has 38 heavy (non-hydrogen) atoms. The van der Waals surface area contributed by atoms with Crippen molar-refractivity contribution in [2.24, 2.45) is 0 Å². The number of likely N-dealkylation sites (N-methyl/N-ethyl adjacent to an activating group) is 1. The fourth-order valence-electron chi connectivity index (χ4n) is 4.26. The lowest BCUT2D eigenvalue weighted by molar-refractivity contribution is -0.384. The minimum absolute atomic E-state index is 0.00670. The van der Waals surface area contributed by atoms with Crippen molar-refractivity contribution in [1.82, 2.24) is 19.8 Å². The van der Waals surface area contributed by atoms with E-state index in [2.05, 4.69) is 16.5 Å². The quantitative estimate of drug-likeness (QED) is 0.150. The topological polar surface area (TPSA) is 110 Å². The molecule has 0 radical (unpaired) electrons. The SMILES string of the molecule is C=CCSc1ncccc1C(=O)N1CCC(c2nc(C(=O)N(C)CCc3ccc([N+](=O)[O-])cc3)cs2)CC1. The molecule has 4 rings (SSSR count). The van der Waals surface area contributed by atoms with E-state index in [1.165, 1.54) is 35.2 Å². The summed E-state index contributed by atoms with van der Waals surface area (Å²) in [6.45, 7) is 5.47. The molecule has 0 atom stereocenters. The van der Waals surface area contributed by atoms with E-state index in [-0.39, 0.29) is 23.4 Å². The van der Waals surface area contributed by atoms with E-state index < -0.39 is 4.92 Å². The van der Waals surface area contributed by atoms with Crippen LogP contribution in [0.5, 0.6) is 0 Å². The molecule has 1 aliphatic heterocycles. The molecule has 0 bridgehead atoms. The number of benzene rings is 1. The molecule has 2 aromatic heterocycles. The van der Waals surface area contributed by atoms with Crippen LogP contribution in [0.15, 0.2) is 65.7 Å².